The second kappa shape index (κ2) is 10.5. The molecule has 3 aromatic rings. The van der Waals surface area contributed by atoms with Crippen molar-refractivity contribution in [2.75, 3.05) is 22.6 Å². The van der Waals surface area contributed by atoms with Gasteiger partial charge in [-0.15, -0.1) is 11.8 Å². The maximum Gasteiger partial charge on any atom is 0.255 e. The van der Waals surface area contributed by atoms with E-state index in [2.05, 4.69) is 12.2 Å². The monoisotopic (exact) mass is 464 g/mol. The molecule has 0 bridgehead atoms. The van der Waals surface area contributed by atoms with Crippen molar-refractivity contribution in [3.05, 3.63) is 89.7 Å². The Morgan fingerprint density at radius 3 is 2.42 bits per heavy atom. The number of unbranched alkanes of at least 4 members (excludes halogenated alkanes) is 1. The normalized spacial score (nSPS) is 15.5. The van der Waals surface area contributed by atoms with Gasteiger partial charge in [-0.05, 0) is 72.6 Å². The number of thioether (sulfide) groups is 1. The van der Waals surface area contributed by atoms with Crippen LogP contribution < -0.4 is 15.0 Å². The van der Waals surface area contributed by atoms with Gasteiger partial charge in [-0.25, -0.2) is 4.39 Å². The lowest BCUT2D eigenvalue weighted by Gasteiger charge is -2.24. The van der Waals surface area contributed by atoms with Gasteiger partial charge in [0.1, 0.15) is 16.9 Å². The Morgan fingerprint density at radius 1 is 1.06 bits per heavy atom. The first kappa shape index (κ1) is 22.9. The van der Waals surface area contributed by atoms with E-state index in [9.17, 15) is 14.0 Å². The molecule has 0 radical (unpaired) electrons. The van der Waals surface area contributed by atoms with Gasteiger partial charge in [0.25, 0.3) is 5.91 Å². The van der Waals surface area contributed by atoms with Gasteiger partial charge in [0.05, 0.1) is 12.4 Å². The minimum Gasteiger partial charge on any atom is -0.494 e. The topological polar surface area (TPSA) is 58.6 Å². The Morgan fingerprint density at radius 2 is 1.76 bits per heavy atom. The first-order valence-electron chi connectivity index (χ1n) is 10.9. The van der Waals surface area contributed by atoms with Crippen molar-refractivity contribution >= 4 is 35.0 Å². The Balaban J connectivity index is 1.41. The molecular formula is C26H25FN2O3S. The van der Waals surface area contributed by atoms with Crippen LogP contribution in [0.1, 0.15) is 41.1 Å². The number of hydrogen-bond acceptors (Lipinski definition) is 4. The molecule has 7 heteroatoms. The molecule has 1 aliphatic heterocycles. The Bertz CT molecular complexity index is 1100. The molecule has 1 fully saturated rings. The molecule has 1 aliphatic rings. The van der Waals surface area contributed by atoms with Crippen molar-refractivity contribution in [2.45, 2.75) is 25.1 Å². The molecule has 2 amide bonds. The number of carbonyl (C=O) groups is 2. The van der Waals surface area contributed by atoms with E-state index in [0.29, 0.717) is 29.3 Å². The van der Waals surface area contributed by atoms with E-state index in [1.807, 2.05) is 24.3 Å². The quantitative estimate of drug-likeness (QED) is 0.413. The zero-order valence-electron chi connectivity index (χ0n) is 18.3. The molecular weight excluding hydrogens is 439 g/mol. The molecule has 170 valence electrons. The van der Waals surface area contributed by atoms with Crippen LogP contribution in [-0.4, -0.2) is 24.2 Å². The van der Waals surface area contributed by atoms with E-state index in [4.69, 9.17) is 4.74 Å². The number of anilines is 2. The minimum absolute atomic E-state index is 0.0175. The lowest BCUT2D eigenvalue weighted by molar-refractivity contribution is -0.115. The highest BCUT2D eigenvalue weighted by molar-refractivity contribution is 8.00. The van der Waals surface area contributed by atoms with Crippen LogP contribution in [-0.2, 0) is 4.79 Å². The van der Waals surface area contributed by atoms with Gasteiger partial charge < -0.3 is 10.1 Å². The first-order valence-corrected chi connectivity index (χ1v) is 11.9. The van der Waals surface area contributed by atoms with Crippen LogP contribution >= 0.6 is 11.8 Å². The van der Waals surface area contributed by atoms with Crippen LogP contribution in [0.25, 0.3) is 0 Å². The van der Waals surface area contributed by atoms with Gasteiger partial charge >= 0.3 is 0 Å². The molecule has 0 aromatic heterocycles. The molecule has 0 saturated carbocycles. The first-order chi connectivity index (χ1) is 16.0. The lowest BCUT2D eigenvalue weighted by Crippen LogP contribution is -2.27. The highest BCUT2D eigenvalue weighted by atomic mass is 32.2. The third-order valence-electron chi connectivity index (χ3n) is 5.31. The summed E-state index contributed by atoms with van der Waals surface area (Å²) in [5.74, 6) is 0.544. The van der Waals surface area contributed by atoms with Crippen LogP contribution in [0.15, 0.2) is 72.8 Å². The van der Waals surface area contributed by atoms with E-state index in [0.717, 1.165) is 24.2 Å². The highest BCUT2D eigenvalue weighted by Gasteiger charge is 2.34. The van der Waals surface area contributed by atoms with E-state index in [1.54, 1.807) is 41.3 Å². The minimum atomic E-state index is -0.339. The fourth-order valence-corrected chi connectivity index (χ4v) is 4.70. The van der Waals surface area contributed by atoms with E-state index in [-0.39, 0.29) is 23.0 Å². The summed E-state index contributed by atoms with van der Waals surface area (Å²) in [6.45, 7) is 2.77. The highest BCUT2D eigenvalue weighted by Crippen LogP contribution is 2.41. The number of nitrogens with zero attached hydrogens (tertiary/aromatic N) is 1. The van der Waals surface area contributed by atoms with Crippen LogP contribution in [0.2, 0.25) is 0 Å². The molecule has 5 nitrogen and oxygen atoms in total. The Kier molecular flexibility index (Phi) is 7.29. The number of halogens is 1. The van der Waals surface area contributed by atoms with Crippen LogP contribution in [0.4, 0.5) is 15.8 Å². The molecule has 1 saturated heterocycles. The van der Waals surface area contributed by atoms with Crippen molar-refractivity contribution in [2.24, 2.45) is 0 Å². The Hall–Kier alpha value is -3.32. The third-order valence-corrected chi connectivity index (χ3v) is 6.52. The third kappa shape index (κ3) is 5.54. The number of amides is 2. The summed E-state index contributed by atoms with van der Waals surface area (Å²) in [7, 11) is 0. The second-order valence-corrected chi connectivity index (χ2v) is 8.77. The maximum absolute atomic E-state index is 13.3. The largest absolute Gasteiger partial charge is 0.494 e. The van der Waals surface area contributed by atoms with Gasteiger partial charge in [-0.3, -0.25) is 14.5 Å². The predicted octanol–water partition coefficient (Wildman–Crippen LogP) is 6.04. The van der Waals surface area contributed by atoms with Gasteiger partial charge in [0, 0.05) is 16.9 Å². The molecule has 1 unspecified atom stereocenters. The van der Waals surface area contributed by atoms with Crippen molar-refractivity contribution in [1.29, 1.82) is 0 Å². The summed E-state index contributed by atoms with van der Waals surface area (Å²) in [6.07, 6.45) is 2.06. The van der Waals surface area contributed by atoms with Gasteiger partial charge in [0.15, 0.2) is 0 Å². The number of hydrogen-bond donors (Lipinski definition) is 1. The summed E-state index contributed by atoms with van der Waals surface area (Å²) in [4.78, 5) is 26.7. The molecule has 1 atom stereocenters. The molecule has 33 heavy (non-hydrogen) atoms. The van der Waals surface area contributed by atoms with Crippen molar-refractivity contribution in [3.63, 3.8) is 0 Å². The second-order valence-electron chi connectivity index (χ2n) is 7.71. The molecule has 0 spiro atoms. The summed E-state index contributed by atoms with van der Waals surface area (Å²) >= 11 is 1.52. The summed E-state index contributed by atoms with van der Waals surface area (Å²) in [5.41, 5.74) is 2.80. The number of carbonyl (C=O) groups excluding carboxylic acids is 2. The average molecular weight is 465 g/mol. The zero-order valence-corrected chi connectivity index (χ0v) is 19.1. The number of rotatable bonds is 8. The molecule has 3 aromatic carbocycles. The Labute approximate surface area is 196 Å². The molecule has 1 heterocycles. The lowest BCUT2D eigenvalue weighted by atomic mass is 10.1. The van der Waals surface area contributed by atoms with Gasteiger partial charge in [-0.2, -0.15) is 0 Å². The van der Waals surface area contributed by atoms with E-state index in [1.165, 1.54) is 23.9 Å². The summed E-state index contributed by atoms with van der Waals surface area (Å²) in [6, 6.07) is 20.4. The molecule has 4 rings (SSSR count). The van der Waals surface area contributed by atoms with E-state index >= 15 is 0 Å². The van der Waals surface area contributed by atoms with Gasteiger partial charge in [-0.1, -0.05) is 25.5 Å². The summed E-state index contributed by atoms with van der Waals surface area (Å²) in [5, 5.41) is 2.70. The smallest absolute Gasteiger partial charge is 0.255 e. The molecule has 1 N–H and O–H groups in total. The van der Waals surface area contributed by atoms with Crippen LogP contribution in [0.5, 0.6) is 5.75 Å². The fraction of sp³-hybridized carbons (Fsp3) is 0.231. The fourth-order valence-electron chi connectivity index (χ4n) is 3.52. The van der Waals surface area contributed by atoms with E-state index < -0.39 is 0 Å². The van der Waals surface area contributed by atoms with Crippen molar-refractivity contribution in [1.82, 2.24) is 0 Å². The summed E-state index contributed by atoms with van der Waals surface area (Å²) < 4.78 is 18.9. The van der Waals surface area contributed by atoms with Crippen LogP contribution in [0.3, 0.4) is 0 Å². The number of benzene rings is 3. The SMILES string of the molecule is CCCCOc1ccc(C(=O)Nc2ccc(C3SCC(=O)N3c3ccc(F)cc3)cc2)cc1. The van der Waals surface area contributed by atoms with Crippen LogP contribution in [0, 0.1) is 5.82 Å². The maximum atomic E-state index is 13.3. The van der Waals surface area contributed by atoms with Gasteiger partial charge in [0.2, 0.25) is 5.91 Å². The predicted molar refractivity (Wildman–Crippen MR) is 130 cm³/mol. The average Bonchev–Trinajstić information content (AvgIpc) is 3.22. The number of nitrogens with one attached hydrogen (secondary N) is 1. The van der Waals surface area contributed by atoms with Crippen molar-refractivity contribution < 1.29 is 18.7 Å². The van der Waals surface area contributed by atoms with Crippen molar-refractivity contribution in [3.8, 4) is 5.75 Å². The molecule has 0 aliphatic carbocycles. The number of ether oxygens (including phenoxy) is 1. The zero-order chi connectivity index (χ0) is 23.2. The standard InChI is InChI=1S/C26H25FN2O3S/c1-2-3-16-32-23-14-6-18(7-15-23)25(31)28-21-10-4-19(5-11-21)26-29(24(30)17-33-26)22-12-8-20(27)9-13-22/h4-15,26H,2-3,16-17H2,1H3,(H,28,31).